The number of hydrogen-bond acceptors (Lipinski definition) is 4. The first-order valence-electron chi connectivity index (χ1n) is 4.16. The van der Waals surface area contributed by atoms with Gasteiger partial charge in [-0.1, -0.05) is 0 Å². The van der Waals surface area contributed by atoms with Gasteiger partial charge in [0.2, 0.25) is 0 Å². The molecule has 0 radical (unpaired) electrons. The van der Waals surface area contributed by atoms with Gasteiger partial charge in [-0.15, -0.1) is 0 Å². The standard InChI is InChI=1S/C9H13N3O2/c1-12(14-2)9(13)7-3-4-11-8(5-7)6-10/h3-5H,6,10H2,1-2H3. The Labute approximate surface area is 82.4 Å². The summed E-state index contributed by atoms with van der Waals surface area (Å²) < 4.78 is 0. The molecular formula is C9H13N3O2. The molecule has 0 saturated carbocycles. The van der Waals surface area contributed by atoms with E-state index in [1.54, 1.807) is 25.4 Å². The van der Waals surface area contributed by atoms with Crippen molar-refractivity contribution in [2.45, 2.75) is 6.54 Å². The molecule has 0 atom stereocenters. The molecule has 2 N–H and O–H groups in total. The highest BCUT2D eigenvalue weighted by molar-refractivity contribution is 5.93. The fourth-order valence-electron chi connectivity index (χ4n) is 0.988. The van der Waals surface area contributed by atoms with Crippen LogP contribution in [0.2, 0.25) is 0 Å². The maximum Gasteiger partial charge on any atom is 0.277 e. The molecule has 0 aromatic carbocycles. The van der Waals surface area contributed by atoms with Crippen LogP contribution in [0, 0.1) is 0 Å². The van der Waals surface area contributed by atoms with Crippen LogP contribution in [0.25, 0.3) is 0 Å². The Kier molecular flexibility index (Phi) is 3.55. The molecule has 1 amide bonds. The first kappa shape index (κ1) is 10.6. The highest BCUT2D eigenvalue weighted by atomic mass is 16.7. The van der Waals surface area contributed by atoms with Gasteiger partial charge in [0, 0.05) is 25.4 Å². The first-order chi connectivity index (χ1) is 6.69. The van der Waals surface area contributed by atoms with Crippen molar-refractivity contribution < 1.29 is 9.63 Å². The van der Waals surface area contributed by atoms with E-state index < -0.39 is 0 Å². The van der Waals surface area contributed by atoms with Gasteiger partial charge < -0.3 is 5.73 Å². The van der Waals surface area contributed by atoms with E-state index in [4.69, 9.17) is 10.6 Å². The number of nitrogens with zero attached hydrogens (tertiary/aromatic N) is 2. The van der Waals surface area contributed by atoms with Gasteiger partial charge in [-0.2, -0.15) is 0 Å². The van der Waals surface area contributed by atoms with Crippen LogP contribution >= 0.6 is 0 Å². The van der Waals surface area contributed by atoms with Crippen LogP contribution in [0.3, 0.4) is 0 Å². The molecule has 5 heteroatoms. The average Bonchev–Trinajstić information content (AvgIpc) is 2.27. The van der Waals surface area contributed by atoms with Gasteiger partial charge in [0.05, 0.1) is 12.8 Å². The molecule has 0 bridgehead atoms. The van der Waals surface area contributed by atoms with Crippen molar-refractivity contribution in [1.82, 2.24) is 10.0 Å². The van der Waals surface area contributed by atoms with E-state index in [1.165, 1.54) is 7.11 Å². The van der Waals surface area contributed by atoms with Gasteiger partial charge >= 0.3 is 0 Å². The maximum atomic E-state index is 11.6. The van der Waals surface area contributed by atoms with Crippen molar-refractivity contribution in [3.8, 4) is 0 Å². The topological polar surface area (TPSA) is 68.5 Å². The van der Waals surface area contributed by atoms with E-state index in [0.29, 0.717) is 17.8 Å². The van der Waals surface area contributed by atoms with Gasteiger partial charge in [-0.05, 0) is 12.1 Å². The summed E-state index contributed by atoms with van der Waals surface area (Å²) in [5.41, 5.74) is 6.61. The van der Waals surface area contributed by atoms with Crippen LogP contribution in [-0.2, 0) is 11.4 Å². The molecule has 14 heavy (non-hydrogen) atoms. The van der Waals surface area contributed by atoms with Gasteiger partial charge in [0.1, 0.15) is 0 Å². The van der Waals surface area contributed by atoms with Crippen LogP contribution in [0.15, 0.2) is 18.3 Å². The molecule has 0 aliphatic heterocycles. The van der Waals surface area contributed by atoms with Gasteiger partial charge in [-0.3, -0.25) is 14.6 Å². The number of rotatable bonds is 3. The van der Waals surface area contributed by atoms with Crippen LogP contribution in [-0.4, -0.2) is 30.1 Å². The lowest BCUT2D eigenvalue weighted by molar-refractivity contribution is -0.0757. The molecule has 1 aromatic heterocycles. The molecule has 0 saturated heterocycles. The van der Waals surface area contributed by atoms with Crippen molar-refractivity contribution in [3.05, 3.63) is 29.6 Å². The molecular weight excluding hydrogens is 182 g/mol. The molecule has 5 nitrogen and oxygen atoms in total. The molecule has 0 aliphatic carbocycles. The Bertz CT molecular complexity index is 328. The maximum absolute atomic E-state index is 11.6. The molecule has 0 aliphatic rings. The molecule has 0 fully saturated rings. The quantitative estimate of drug-likeness (QED) is 0.698. The SMILES string of the molecule is CON(C)C(=O)c1ccnc(CN)c1. The fourth-order valence-corrected chi connectivity index (χ4v) is 0.988. The highest BCUT2D eigenvalue weighted by Crippen LogP contribution is 2.04. The Morgan fingerprint density at radius 1 is 1.71 bits per heavy atom. The van der Waals surface area contributed by atoms with E-state index in [2.05, 4.69) is 4.98 Å². The zero-order chi connectivity index (χ0) is 10.6. The summed E-state index contributed by atoms with van der Waals surface area (Å²) in [7, 11) is 2.98. The molecule has 1 aromatic rings. The number of carbonyl (C=O) groups is 1. The number of hydroxylamine groups is 2. The van der Waals surface area contributed by atoms with Crippen molar-refractivity contribution >= 4 is 5.91 Å². The normalized spacial score (nSPS) is 9.93. The summed E-state index contributed by atoms with van der Waals surface area (Å²) >= 11 is 0. The minimum Gasteiger partial charge on any atom is -0.325 e. The minimum atomic E-state index is -0.218. The lowest BCUT2D eigenvalue weighted by Crippen LogP contribution is -2.25. The number of pyridine rings is 1. The number of carbonyl (C=O) groups excluding carboxylic acids is 1. The van der Waals surface area contributed by atoms with E-state index in [1.807, 2.05) is 0 Å². The summed E-state index contributed by atoms with van der Waals surface area (Å²) in [6.45, 7) is 0.317. The Morgan fingerprint density at radius 2 is 2.43 bits per heavy atom. The summed E-state index contributed by atoms with van der Waals surface area (Å²) in [5, 5.41) is 1.15. The Morgan fingerprint density at radius 3 is 3.00 bits per heavy atom. The lowest BCUT2D eigenvalue weighted by Gasteiger charge is -2.13. The third kappa shape index (κ3) is 2.27. The summed E-state index contributed by atoms with van der Waals surface area (Å²) in [6, 6.07) is 3.27. The largest absolute Gasteiger partial charge is 0.325 e. The van der Waals surface area contributed by atoms with Crippen LogP contribution in [0.4, 0.5) is 0 Å². The highest BCUT2D eigenvalue weighted by Gasteiger charge is 2.11. The van der Waals surface area contributed by atoms with Crippen molar-refractivity contribution in [1.29, 1.82) is 0 Å². The Balaban J connectivity index is 2.90. The number of hydrogen-bond donors (Lipinski definition) is 1. The molecule has 0 spiro atoms. The van der Waals surface area contributed by atoms with Crippen molar-refractivity contribution in [3.63, 3.8) is 0 Å². The molecule has 76 valence electrons. The smallest absolute Gasteiger partial charge is 0.277 e. The number of aromatic nitrogens is 1. The second-order valence-corrected chi connectivity index (χ2v) is 2.73. The zero-order valence-electron chi connectivity index (χ0n) is 8.23. The van der Waals surface area contributed by atoms with Gasteiger partial charge in [0.15, 0.2) is 0 Å². The van der Waals surface area contributed by atoms with E-state index in [9.17, 15) is 4.79 Å². The second-order valence-electron chi connectivity index (χ2n) is 2.73. The summed E-state index contributed by atoms with van der Waals surface area (Å²) in [6.07, 6.45) is 1.55. The minimum absolute atomic E-state index is 0.218. The van der Waals surface area contributed by atoms with E-state index in [-0.39, 0.29) is 5.91 Å². The number of amides is 1. The number of nitrogens with two attached hydrogens (primary N) is 1. The van der Waals surface area contributed by atoms with Gasteiger partial charge in [-0.25, -0.2) is 5.06 Å². The average molecular weight is 195 g/mol. The third-order valence-electron chi connectivity index (χ3n) is 1.83. The first-order valence-corrected chi connectivity index (χ1v) is 4.16. The third-order valence-corrected chi connectivity index (χ3v) is 1.83. The lowest BCUT2D eigenvalue weighted by atomic mass is 10.2. The predicted molar refractivity (Wildman–Crippen MR) is 51.2 cm³/mol. The van der Waals surface area contributed by atoms with Crippen molar-refractivity contribution in [2.75, 3.05) is 14.2 Å². The van der Waals surface area contributed by atoms with Crippen LogP contribution in [0.1, 0.15) is 16.1 Å². The fraction of sp³-hybridized carbons (Fsp3) is 0.333. The molecule has 1 rings (SSSR count). The molecule has 0 unspecified atom stereocenters. The molecule has 1 heterocycles. The monoisotopic (exact) mass is 195 g/mol. The van der Waals surface area contributed by atoms with Crippen LogP contribution < -0.4 is 5.73 Å². The van der Waals surface area contributed by atoms with Crippen molar-refractivity contribution in [2.24, 2.45) is 5.73 Å². The van der Waals surface area contributed by atoms with E-state index in [0.717, 1.165) is 5.06 Å². The second kappa shape index (κ2) is 4.69. The van der Waals surface area contributed by atoms with Crippen LogP contribution in [0.5, 0.6) is 0 Å². The predicted octanol–water partition coefficient (Wildman–Crippen LogP) is 0.174. The summed E-state index contributed by atoms with van der Waals surface area (Å²) in [5.74, 6) is -0.218. The summed E-state index contributed by atoms with van der Waals surface area (Å²) in [4.78, 5) is 20.3. The Hall–Kier alpha value is -1.46. The van der Waals surface area contributed by atoms with Gasteiger partial charge in [0.25, 0.3) is 5.91 Å². The van der Waals surface area contributed by atoms with E-state index >= 15 is 0 Å². The zero-order valence-corrected chi connectivity index (χ0v) is 8.23.